The molecule has 4 nitrogen and oxygen atoms in total. The standard InChI is InChI=1S/C20H24O4/c1-11-7-14-8-17(22)19(24-4)10-15(14)20(12(11)2)13-5-6-16(21)18(9-13)23-3/h5-6,8-12,20-22H,7H2,1-4H3/t11-,12-,20-/m1/s1. The lowest BCUT2D eigenvalue weighted by Crippen LogP contribution is -2.26. The summed E-state index contributed by atoms with van der Waals surface area (Å²) < 4.78 is 10.6. The fourth-order valence-corrected chi connectivity index (χ4v) is 3.77. The zero-order valence-corrected chi connectivity index (χ0v) is 14.5. The third kappa shape index (κ3) is 2.66. The Bertz CT molecular complexity index is 754. The normalized spacial score (nSPS) is 22.8. The van der Waals surface area contributed by atoms with Crippen LogP contribution >= 0.6 is 0 Å². The van der Waals surface area contributed by atoms with Crippen LogP contribution in [0.15, 0.2) is 30.3 Å². The predicted molar refractivity (Wildman–Crippen MR) is 93.2 cm³/mol. The molecule has 2 N–H and O–H groups in total. The Hall–Kier alpha value is -2.36. The highest BCUT2D eigenvalue weighted by Gasteiger charge is 2.34. The van der Waals surface area contributed by atoms with Crippen LogP contribution in [-0.4, -0.2) is 24.4 Å². The molecule has 0 spiro atoms. The van der Waals surface area contributed by atoms with E-state index in [1.165, 1.54) is 5.56 Å². The van der Waals surface area contributed by atoms with Crippen LogP contribution in [0.2, 0.25) is 0 Å². The Morgan fingerprint density at radius 3 is 2.25 bits per heavy atom. The van der Waals surface area contributed by atoms with Crippen LogP contribution in [-0.2, 0) is 6.42 Å². The molecule has 0 aromatic heterocycles. The molecule has 0 aliphatic heterocycles. The first-order valence-corrected chi connectivity index (χ1v) is 8.23. The van der Waals surface area contributed by atoms with Gasteiger partial charge < -0.3 is 19.7 Å². The van der Waals surface area contributed by atoms with Gasteiger partial charge in [-0.2, -0.15) is 0 Å². The van der Waals surface area contributed by atoms with Crippen molar-refractivity contribution in [2.75, 3.05) is 14.2 Å². The quantitative estimate of drug-likeness (QED) is 0.891. The molecule has 0 radical (unpaired) electrons. The van der Waals surface area contributed by atoms with Crippen molar-refractivity contribution in [2.45, 2.75) is 26.2 Å². The van der Waals surface area contributed by atoms with E-state index in [2.05, 4.69) is 13.8 Å². The Balaban J connectivity index is 2.17. The van der Waals surface area contributed by atoms with E-state index in [0.717, 1.165) is 17.5 Å². The van der Waals surface area contributed by atoms with E-state index in [1.807, 2.05) is 24.3 Å². The van der Waals surface area contributed by atoms with E-state index in [4.69, 9.17) is 9.47 Å². The van der Waals surface area contributed by atoms with Gasteiger partial charge in [-0.15, -0.1) is 0 Å². The molecule has 1 aliphatic carbocycles. The molecule has 0 saturated heterocycles. The van der Waals surface area contributed by atoms with Gasteiger partial charge in [-0.3, -0.25) is 0 Å². The average Bonchev–Trinajstić information content (AvgIpc) is 2.57. The number of ether oxygens (including phenoxy) is 2. The smallest absolute Gasteiger partial charge is 0.160 e. The molecule has 0 heterocycles. The van der Waals surface area contributed by atoms with Gasteiger partial charge in [0.1, 0.15) is 0 Å². The Morgan fingerprint density at radius 2 is 1.58 bits per heavy atom. The van der Waals surface area contributed by atoms with Gasteiger partial charge >= 0.3 is 0 Å². The SMILES string of the molecule is COc1cc([C@@H]2c3cc(OC)c(O)cc3C[C@@H](C)[C@H]2C)ccc1O. The molecule has 3 atom stereocenters. The van der Waals surface area contributed by atoms with Crippen LogP contribution in [0, 0.1) is 11.8 Å². The second kappa shape index (κ2) is 6.27. The van der Waals surface area contributed by atoms with E-state index in [1.54, 1.807) is 20.3 Å². The van der Waals surface area contributed by atoms with Crippen LogP contribution in [0.1, 0.15) is 36.5 Å². The molecule has 24 heavy (non-hydrogen) atoms. The first-order chi connectivity index (χ1) is 11.5. The molecule has 0 fully saturated rings. The maximum absolute atomic E-state index is 10.1. The predicted octanol–water partition coefficient (Wildman–Crippen LogP) is 4.08. The minimum atomic E-state index is 0.140. The van der Waals surface area contributed by atoms with Crippen LogP contribution < -0.4 is 9.47 Å². The van der Waals surface area contributed by atoms with Crippen LogP contribution in [0.3, 0.4) is 0 Å². The van der Waals surface area contributed by atoms with E-state index in [-0.39, 0.29) is 17.4 Å². The van der Waals surface area contributed by atoms with Gasteiger partial charge in [-0.25, -0.2) is 0 Å². The number of fused-ring (bicyclic) bond motifs is 1. The zero-order chi connectivity index (χ0) is 17.4. The highest BCUT2D eigenvalue weighted by atomic mass is 16.5. The largest absolute Gasteiger partial charge is 0.504 e. The van der Waals surface area contributed by atoms with Crippen molar-refractivity contribution < 1.29 is 19.7 Å². The van der Waals surface area contributed by atoms with Gasteiger partial charge in [0.25, 0.3) is 0 Å². The number of methoxy groups -OCH3 is 2. The third-order valence-corrected chi connectivity index (χ3v) is 5.30. The fourth-order valence-electron chi connectivity index (χ4n) is 3.77. The van der Waals surface area contributed by atoms with Crippen molar-refractivity contribution in [1.82, 2.24) is 0 Å². The molecule has 0 unspecified atom stereocenters. The molecule has 2 aromatic carbocycles. The molecule has 3 rings (SSSR count). The summed E-state index contributed by atoms with van der Waals surface area (Å²) in [6, 6.07) is 9.29. The lowest BCUT2D eigenvalue weighted by Gasteiger charge is -2.37. The maximum atomic E-state index is 10.1. The van der Waals surface area contributed by atoms with Gasteiger partial charge in [-0.05, 0) is 59.2 Å². The lowest BCUT2D eigenvalue weighted by molar-refractivity contribution is 0.319. The first-order valence-electron chi connectivity index (χ1n) is 8.23. The van der Waals surface area contributed by atoms with Gasteiger partial charge in [0.2, 0.25) is 0 Å². The molecule has 2 aromatic rings. The van der Waals surface area contributed by atoms with E-state index < -0.39 is 0 Å². The minimum absolute atomic E-state index is 0.140. The van der Waals surface area contributed by atoms with Crippen molar-refractivity contribution in [3.63, 3.8) is 0 Å². The number of phenolic OH excluding ortho intramolecular Hbond substituents is 2. The number of aromatic hydroxyl groups is 2. The van der Waals surface area contributed by atoms with Crippen LogP contribution in [0.5, 0.6) is 23.0 Å². The van der Waals surface area contributed by atoms with Crippen molar-refractivity contribution in [1.29, 1.82) is 0 Å². The van der Waals surface area contributed by atoms with Crippen molar-refractivity contribution in [2.24, 2.45) is 11.8 Å². The summed E-state index contributed by atoms with van der Waals surface area (Å²) in [6.45, 7) is 4.48. The summed E-state index contributed by atoms with van der Waals surface area (Å²) in [4.78, 5) is 0. The summed E-state index contributed by atoms with van der Waals surface area (Å²) in [5.74, 6) is 2.35. The fraction of sp³-hybridized carbons (Fsp3) is 0.400. The van der Waals surface area contributed by atoms with Gasteiger partial charge in [-0.1, -0.05) is 19.9 Å². The molecule has 128 valence electrons. The van der Waals surface area contributed by atoms with Crippen molar-refractivity contribution >= 4 is 0 Å². The van der Waals surface area contributed by atoms with Gasteiger partial charge in [0, 0.05) is 5.92 Å². The van der Waals surface area contributed by atoms with Crippen LogP contribution in [0.4, 0.5) is 0 Å². The Kier molecular flexibility index (Phi) is 4.31. The monoisotopic (exact) mass is 328 g/mol. The third-order valence-electron chi connectivity index (χ3n) is 5.30. The first kappa shape index (κ1) is 16.5. The summed E-state index contributed by atoms with van der Waals surface area (Å²) in [5.41, 5.74) is 3.41. The average molecular weight is 328 g/mol. The van der Waals surface area contributed by atoms with Crippen LogP contribution in [0.25, 0.3) is 0 Å². The number of rotatable bonds is 3. The van der Waals surface area contributed by atoms with Crippen molar-refractivity contribution in [3.8, 4) is 23.0 Å². The summed E-state index contributed by atoms with van der Waals surface area (Å²) >= 11 is 0. The number of phenols is 2. The summed E-state index contributed by atoms with van der Waals surface area (Å²) in [6.07, 6.45) is 0.930. The van der Waals surface area contributed by atoms with E-state index >= 15 is 0 Å². The second-order valence-electron chi connectivity index (χ2n) is 6.67. The summed E-state index contributed by atoms with van der Waals surface area (Å²) in [7, 11) is 3.12. The molecule has 0 saturated carbocycles. The molecule has 0 amide bonds. The Morgan fingerprint density at radius 1 is 0.917 bits per heavy atom. The zero-order valence-electron chi connectivity index (χ0n) is 14.5. The minimum Gasteiger partial charge on any atom is -0.504 e. The highest BCUT2D eigenvalue weighted by molar-refractivity contribution is 5.53. The molecule has 4 heteroatoms. The number of hydrogen-bond acceptors (Lipinski definition) is 4. The summed E-state index contributed by atoms with van der Waals surface area (Å²) in [5, 5.41) is 20.0. The topological polar surface area (TPSA) is 58.9 Å². The molecular weight excluding hydrogens is 304 g/mol. The molecular formula is C20H24O4. The van der Waals surface area contributed by atoms with E-state index in [9.17, 15) is 10.2 Å². The highest BCUT2D eigenvalue weighted by Crippen LogP contribution is 2.47. The van der Waals surface area contributed by atoms with Gasteiger partial charge in [0.05, 0.1) is 14.2 Å². The molecule has 1 aliphatic rings. The van der Waals surface area contributed by atoms with Crippen molar-refractivity contribution in [3.05, 3.63) is 47.0 Å². The maximum Gasteiger partial charge on any atom is 0.160 e. The Labute approximate surface area is 142 Å². The number of hydrogen-bond donors (Lipinski definition) is 2. The number of benzene rings is 2. The van der Waals surface area contributed by atoms with Gasteiger partial charge in [0.15, 0.2) is 23.0 Å². The van der Waals surface area contributed by atoms with E-state index in [0.29, 0.717) is 23.3 Å². The second-order valence-corrected chi connectivity index (χ2v) is 6.67. The lowest BCUT2D eigenvalue weighted by atomic mass is 9.68. The molecule has 0 bridgehead atoms.